The lowest BCUT2D eigenvalue weighted by atomic mass is 10.2. The SMILES string of the molecule is Cc1csc(N(C(=O)/C=C/c2cncc(F)c2)c2ccccc2)n1. The van der Waals surface area contributed by atoms with Crippen LogP contribution in [0.3, 0.4) is 0 Å². The number of thiazole rings is 1. The number of carbonyl (C=O) groups is 1. The summed E-state index contributed by atoms with van der Waals surface area (Å²) < 4.78 is 13.2. The van der Waals surface area contributed by atoms with Crippen LogP contribution in [0.1, 0.15) is 11.3 Å². The van der Waals surface area contributed by atoms with Crippen molar-refractivity contribution in [3.05, 3.63) is 77.3 Å². The lowest BCUT2D eigenvalue weighted by molar-refractivity contribution is -0.113. The Morgan fingerprint density at radius 3 is 2.71 bits per heavy atom. The molecule has 0 aliphatic heterocycles. The van der Waals surface area contributed by atoms with E-state index in [-0.39, 0.29) is 5.91 Å². The molecule has 0 spiro atoms. The molecular weight excluding hydrogens is 325 g/mol. The highest BCUT2D eigenvalue weighted by Gasteiger charge is 2.18. The van der Waals surface area contributed by atoms with Crippen molar-refractivity contribution in [1.82, 2.24) is 9.97 Å². The maximum atomic E-state index is 13.2. The van der Waals surface area contributed by atoms with Gasteiger partial charge >= 0.3 is 0 Å². The molecule has 1 amide bonds. The van der Waals surface area contributed by atoms with Crippen LogP contribution in [0.4, 0.5) is 15.2 Å². The fourth-order valence-corrected chi connectivity index (χ4v) is 2.94. The van der Waals surface area contributed by atoms with Gasteiger partial charge in [-0.15, -0.1) is 11.3 Å². The molecule has 0 radical (unpaired) electrons. The fraction of sp³-hybridized carbons (Fsp3) is 0.0556. The molecule has 0 N–H and O–H groups in total. The number of aryl methyl sites for hydroxylation is 1. The van der Waals surface area contributed by atoms with Crippen LogP contribution in [0.25, 0.3) is 6.08 Å². The average molecular weight is 339 g/mol. The Morgan fingerprint density at radius 1 is 1.25 bits per heavy atom. The molecule has 0 aliphatic rings. The van der Waals surface area contributed by atoms with E-state index in [0.717, 1.165) is 17.6 Å². The second-order valence-corrected chi connectivity index (χ2v) is 5.89. The normalized spacial score (nSPS) is 10.9. The summed E-state index contributed by atoms with van der Waals surface area (Å²) in [5, 5.41) is 2.48. The molecule has 0 saturated heterocycles. The van der Waals surface area contributed by atoms with Crippen LogP contribution in [-0.4, -0.2) is 15.9 Å². The van der Waals surface area contributed by atoms with Gasteiger partial charge in [-0.2, -0.15) is 0 Å². The molecule has 24 heavy (non-hydrogen) atoms. The highest BCUT2D eigenvalue weighted by molar-refractivity contribution is 7.14. The monoisotopic (exact) mass is 339 g/mol. The van der Waals surface area contributed by atoms with Gasteiger partial charge in [0.1, 0.15) is 5.82 Å². The van der Waals surface area contributed by atoms with E-state index in [0.29, 0.717) is 10.7 Å². The minimum atomic E-state index is -0.444. The van der Waals surface area contributed by atoms with Crippen LogP contribution in [0.5, 0.6) is 0 Å². The highest BCUT2D eigenvalue weighted by atomic mass is 32.1. The van der Waals surface area contributed by atoms with E-state index in [2.05, 4.69) is 9.97 Å². The Balaban J connectivity index is 1.92. The van der Waals surface area contributed by atoms with E-state index in [1.807, 2.05) is 42.6 Å². The quantitative estimate of drug-likeness (QED) is 0.663. The van der Waals surface area contributed by atoms with Gasteiger partial charge in [-0.3, -0.25) is 14.7 Å². The van der Waals surface area contributed by atoms with Crippen molar-refractivity contribution in [1.29, 1.82) is 0 Å². The summed E-state index contributed by atoms with van der Waals surface area (Å²) in [4.78, 5) is 22.4. The molecule has 0 aliphatic carbocycles. The maximum absolute atomic E-state index is 13.2. The number of aromatic nitrogens is 2. The third-order valence-electron chi connectivity index (χ3n) is 3.18. The van der Waals surface area contributed by atoms with Crippen LogP contribution in [0.15, 0.2) is 60.2 Å². The first-order chi connectivity index (χ1) is 11.6. The summed E-state index contributed by atoms with van der Waals surface area (Å²) in [6, 6.07) is 10.6. The van der Waals surface area contributed by atoms with Gasteiger partial charge in [0.2, 0.25) is 0 Å². The standard InChI is InChI=1S/C18H14FN3OS/c1-13-12-24-18(21-13)22(16-5-3-2-4-6-16)17(23)8-7-14-9-15(19)11-20-10-14/h2-12H,1H3/b8-7+. The van der Waals surface area contributed by atoms with Gasteiger partial charge in [-0.05, 0) is 36.8 Å². The molecule has 0 atom stereocenters. The predicted molar refractivity (Wildman–Crippen MR) is 93.7 cm³/mol. The number of halogens is 1. The van der Waals surface area contributed by atoms with Crippen LogP contribution in [-0.2, 0) is 4.79 Å². The van der Waals surface area contributed by atoms with Crippen molar-refractivity contribution >= 4 is 34.1 Å². The Bertz CT molecular complexity index is 877. The minimum Gasteiger partial charge on any atom is -0.269 e. The van der Waals surface area contributed by atoms with Crippen molar-refractivity contribution in [3.8, 4) is 0 Å². The van der Waals surface area contributed by atoms with E-state index >= 15 is 0 Å². The van der Waals surface area contributed by atoms with Crippen LogP contribution in [0.2, 0.25) is 0 Å². The highest BCUT2D eigenvalue weighted by Crippen LogP contribution is 2.28. The first-order valence-electron chi connectivity index (χ1n) is 7.23. The Hall–Kier alpha value is -2.86. The van der Waals surface area contributed by atoms with E-state index in [9.17, 15) is 9.18 Å². The Morgan fingerprint density at radius 2 is 2.04 bits per heavy atom. The molecular formula is C18H14FN3OS. The number of carbonyl (C=O) groups excluding carboxylic acids is 1. The molecule has 6 heteroatoms. The molecule has 4 nitrogen and oxygen atoms in total. The number of rotatable bonds is 4. The third kappa shape index (κ3) is 3.72. The number of nitrogens with zero attached hydrogens (tertiary/aromatic N) is 3. The average Bonchev–Trinajstić information content (AvgIpc) is 3.00. The van der Waals surface area contributed by atoms with Gasteiger partial charge in [0.05, 0.1) is 17.6 Å². The van der Waals surface area contributed by atoms with Crippen molar-refractivity contribution in [3.63, 3.8) is 0 Å². The van der Waals surface area contributed by atoms with E-state index in [1.54, 1.807) is 0 Å². The summed E-state index contributed by atoms with van der Waals surface area (Å²) in [6.45, 7) is 1.88. The molecule has 0 saturated carbocycles. The number of benzene rings is 1. The molecule has 0 bridgehead atoms. The Labute approximate surface area is 142 Å². The first kappa shape index (κ1) is 16.0. The molecule has 2 aromatic heterocycles. The van der Waals surface area contributed by atoms with Gasteiger partial charge in [-0.1, -0.05) is 18.2 Å². The number of pyridine rings is 1. The zero-order chi connectivity index (χ0) is 16.9. The summed E-state index contributed by atoms with van der Waals surface area (Å²) in [7, 11) is 0. The number of hydrogen-bond acceptors (Lipinski definition) is 4. The lowest BCUT2D eigenvalue weighted by Crippen LogP contribution is -2.23. The minimum absolute atomic E-state index is 0.264. The topological polar surface area (TPSA) is 46.1 Å². The van der Waals surface area contributed by atoms with Crippen LogP contribution < -0.4 is 4.90 Å². The summed E-state index contributed by atoms with van der Waals surface area (Å²) in [5.74, 6) is -0.708. The van der Waals surface area contributed by atoms with Gasteiger partial charge < -0.3 is 0 Å². The molecule has 0 fully saturated rings. The second-order valence-electron chi connectivity index (χ2n) is 5.05. The van der Waals surface area contributed by atoms with E-state index in [4.69, 9.17) is 0 Å². The molecule has 120 valence electrons. The van der Waals surface area contributed by atoms with Gasteiger partial charge in [0.25, 0.3) is 5.91 Å². The van der Waals surface area contributed by atoms with E-state index < -0.39 is 5.82 Å². The number of anilines is 2. The summed E-state index contributed by atoms with van der Waals surface area (Å²) in [6.07, 6.45) is 5.54. The van der Waals surface area contributed by atoms with Crippen molar-refractivity contribution < 1.29 is 9.18 Å². The zero-order valence-electron chi connectivity index (χ0n) is 12.9. The number of hydrogen-bond donors (Lipinski definition) is 0. The molecule has 3 rings (SSSR count). The predicted octanol–water partition coefficient (Wildman–Crippen LogP) is 4.36. The fourth-order valence-electron chi connectivity index (χ4n) is 2.11. The molecule has 0 unspecified atom stereocenters. The first-order valence-corrected chi connectivity index (χ1v) is 8.11. The lowest BCUT2D eigenvalue weighted by Gasteiger charge is -2.18. The zero-order valence-corrected chi connectivity index (χ0v) is 13.7. The van der Waals surface area contributed by atoms with Gasteiger partial charge in [0.15, 0.2) is 5.13 Å². The molecule has 2 heterocycles. The maximum Gasteiger partial charge on any atom is 0.257 e. The Kier molecular flexibility index (Phi) is 4.77. The van der Waals surface area contributed by atoms with Crippen LogP contribution >= 0.6 is 11.3 Å². The summed E-state index contributed by atoms with van der Waals surface area (Å²) in [5.41, 5.74) is 2.09. The van der Waals surface area contributed by atoms with Crippen molar-refractivity contribution in [2.75, 3.05) is 4.90 Å². The van der Waals surface area contributed by atoms with Crippen molar-refractivity contribution in [2.24, 2.45) is 0 Å². The van der Waals surface area contributed by atoms with Crippen molar-refractivity contribution in [2.45, 2.75) is 6.92 Å². The number of para-hydroxylation sites is 1. The van der Waals surface area contributed by atoms with Crippen LogP contribution in [0, 0.1) is 12.7 Å². The van der Waals surface area contributed by atoms with Gasteiger partial charge in [0, 0.05) is 17.7 Å². The largest absolute Gasteiger partial charge is 0.269 e. The molecule has 1 aromatic carbocycles. The third-order valence-corrected chi connectivity index (χ3v) is 4.12. The second kappa shape index (κ2) is 7.14. The number of amides is 1. The van der Waals surface area contributed by atoms with E-state index in [1.165, 1.54) is 40.7 Å². The van der Waals surface area contributed by atoms with Gasteiger partial charge in [-0.25, -0.2) is 9.37 Å². The summed E-state index contributed by atoms with van der Waals surface area (Å²) >= 11 is 1.39. The molecule has 3 aromatic rings. The smallest absolute Gasteiger partial charge is 0.257 e.